The van der Waals surface area contributed by atoms with E-state index >= 15 is 0 Å². The summed E-state index contributed by atoms with van der Waals surface area (Å²) in [6.07, 6.45) is 0. The minimum atomic E-state index is -0.0295. The van der Waals surface area contributed by atoms with Crippen molar-refractivity contribution in [2.45, 2.75) is 13.5 Å². The van der Waals surface area contributed by atoms with E-state index in [0.29, 0.717) is 6.54 Å². The molecule has 0 unspecified atom stereocenters. The number of urea groups is 1. The number of hydrogen-bond donors (Lipinski definition) is 1. The van der Waals surface area contributed by atoms with Gasteiger partial charge >= 0.3 is 6.03 Å². The highest BCUT2D eigenvalue weighted by atomic mass is 16.2. The van der Waals surface area contributed by atoms with Crippen LogP contribution in [-0.2, 0) is 6.54 Å². The molecule has 0 fully saturated rings. The molecule has 1 aliphatic rings. The number of carbonyl (C=O) groups is 1. The topological polar surface area (TPSA) is 32.3 Å². The summed E-state index contributed by atoms with van der Waals surface area (Å²) < 4.78 is 0. The van der Waals surface area contributed by atoms with Crippen LogP contribution in [0.1, 0.15) is 11.1 Å². The Morgan fingerprint density at radius 3 is 3.00 bits per heavy atom. The van der Waals surface area contributed by atoms with Crippen molar-refractivity contribution >= 4 is 11.7 Å². The van der Waals surface area contributed by atoms with Crippen molar-refractivity contribution in [3.8, 4) is 0 Å². The third-order valence-corrected chi connectivity index (χ3v) is 2.34. The van der Waals surface area contributed by atoms with Gasteiger partial charge in [-0.2, -0.15) is 0 Å². The molecule has 13 heavy (non-hydrogen) atoms. The summed E-state index contributed by atoms with van der Waals surface area (Å²) in [5, 5.41) is 2.79. The maximum absolute atomic E-state index is 11.3. The van der Waals surface area contributed by atoms with E-state index in [4.69, 9.17) is 0 Å². The van der Waals surface area contributed by atoms with Crippen molar-refractivity contribution in [1.82, 2.24) is 5.32 Å². The molecule has 1 aliphatic heterocycles. The number of carbonyl (C=O) groups excluding carboxylic acids is 1. The van der Waals surface area contributed by atoms with Crippen LogP contribution in [0, 0.1) is 6.92 Å². The van der Waals surface area contributed by atoms with Crippen LogP contribution in [0.25, 0.3) is 0 Å². The van der Waals surface area contributed by atoms with E-state index in [-0.39, 0.29) is 6.03 Å². The lowest BCUT2D eigenvalue weighted by atomic mass is 10.1. The Morgan fingerprint density at radius 1 is 1.46 bits per heavy atom. The maximum atomic E-state index is 11.3. The SMILES string of the molecule is Cc1ccc2c(c1)N(C)C(=O)NC2. The molecule has 2 amide bonds. The van der Waals surface area contributed by atoms with Crippen molar-refractivity contribution in [3.05, 3.63) is 29.3 Å². The largest absolute Gasteiger partial charge is 0.334 e. The molecule has 0 saturated carbocycles. The molecule has 1 aromatic carbocycles. The molecular formula is C10H12N2O. The molecular weight excluding hydrogens is 164 g/mol. The lowest BCUT2D eigenvalue weighted by molar-refractivity contribution is 0.246. The first kappa shape index (κ1) is 8.10. The average Bonchev–Trinajstić information content (AvgIpc) is 2.12. The van der Waals surface area contributed by atoms with Gasteiger partial charge in [-0.25, -0.2) is 4.79 Å². The second kappa shape index (κ2) is 2.76. The Balaban J connectivity index is 2.51. The van der Waals surface area contributed by atoms with Crippen molar-refractivity contribution in [3.63, 3.8) is 0 Å². The molecule has 0 spiro atoms. The van der Waals surface area contributed by atoms with Gasteiger partial charge < -0.3 is 5.32 Å². The fourth-order valence-electron chi connectivity index (χ4n) is 1.53. The summed E-state index contributed by atoms with van der Waals surface area (Å²) in [6, 6.07) is 6.12. The van der Waals surface area contributed by atoms with Gasteiger partial charge in [0.25, 0.3) is 0 Å². The number of nitrogens with one attached hydrogen (secondary N) is 1. The van der Waals surface area contributed by atoms with E-state index in [2.05, 4.69) is 17.4 Å². The molecule has 0 bridgehead atoms. The van der Waals surface area contributed by atoms with Crippen molar-refractivity contribution in [2.24, 2.45) is 0 Å². The summed E-state index contributed by atoms with van der Waals surface area (Å²) in [4.78, 5) is 12.9. The summed E-state index contributed by atoms with van der Waals surface area (Å²) in [6.45, 7) is 2.67. The second-order valence-electron chi connectivity index (χ2n) is 3.35. The van der Waals surface area contributed by atoms with Crippen molar-refractivity contribution in [1.29, 1.82) is 0 Å². The number of hydrogen-bond acceptors (Lipinski definition) is 1. The van der Waals surface area contributed by atoms with Crippen LogP contribution in [-0.4, -0.2) is 13.1 Å². The number of aryl methyl sites for hydroxylation is 1. The van der Waals surface area contributed by atoms with Gasteiger partial charge in [0, 0.05) is 13.6 Å². The van der Waals surface area contributed by atoms with Crippen LogP contribution in [0.2, 0.25) is 0 Å². The van der Waals surface area contributed by atoms with Gasteiger partial charge in [-0.1, -0.05) is 12.1 Å². The number of nitrogens with zero attached hydrogens (tertiary/aromatic N) is 1. The molecule has 3 heteroatoms. The molecule has 0 aromatic heterocycles. The highest BCUT2D eigenvalue weighted by Crippen LogP contribution is 2.23. The first-order chi connectivity index (χ1) is 6.18. The Bertz CT molecular complexity index is 360. The van der Waals surface area contributed by atoms with E-state index in [1.54, 1.807) is 11.9 Å². The lowest BCUT2D eigenvalue weighted by Crippen LogP contribution is -2.41. The van der Waals surface area contributed by atoms with E-state index in [1.165, 1.54) is 11.1 Å². The van der Waals surface area contributed by atoms with Gasteiger partial charge in [0.05, 0.1) is 5.69 Å². The highest BCUT2D eigenvalue weighted by molar-refractivity contribution is 5.94. The molecule has 1 aromatic rings. The maximum Gasteiger partial charge on any atom is 0.321 e. The van der Waals surface area contributed by atoms with E-state index < -0.39 is 0 Å². The zero-order chi connectivity index (χ0) is 9.42. The Hall–Kier alpha value is -1.51. The minimum Gasteiger partial charge on any atom is -0.334 e. The quantitative estimate of drug-likeness (QED) is 0.640. The Morgan fingerprint density at radius 2 is 2.23 bits per heavy atom. The summed E-state index contributed by atoms with van der Waals surface area (Å²) >= 11 is 0. The normalized spacial score (nSPS) is 15.2. The molecule has 0 atom stereocenters. The number of rotatable bonds is 0. The Labute approximate surface area is 77.4 Å². The predicted octanol–water partition coefficient (Wildman–Crippen LogP) is 1.65. The Kier molecular flexibility index (Phi) is 1.72. The zero-order valence-corrected chi connectivity index (χ0v) is 7.79. The van der Waals surface area contributed by atoms with Gasteiger partial charge in [-0.05, 0) is 24.1 Å². The minimum absolute atomic E-state index is 0.0295. The molecule has 0 aliphatic carbocycles. The average molecular weight is 176 g/mol. The molecule has 1 heterocycles. The summed E-state index contributed by atoms with van der Waals surface area (Å²) in [5.74, 6) is 0. The van der Waals surface area contributed by atoms with Gasteiger partial charge in [-0.15, -0.1) is 0 Å². The predicted molar refractivity (Wildman–Crippen MR) is 51.8 cm³/mol. The van der Waals surface area contributed by atoms with E-state index in [0.717, 1.165) is 5.69 Å². The van der Waals surface area contributed by atoms with Gasteiger partial charge in [0.2, 0.25) is 0 Å². The van der Waals surface area contributed by atoms with Gasteiger partial charge in [-0.3, -0.25) is 4.90 Å². The zero-order valence-electron chi connectivity index (χ0n) is 7.79. The third-order valence-electron chi connectivity index (χ3n) is 2.34. The first-order valence-electron chi connectivity index (χ1n) is 4.29. The van der Waals surface area contributed by atoms with Crippen LogP contribution in [0.15, 0.2) is 18.2 Å². The van der Waals surface area contributed by atoms with Crippen LogP contribution in [0.3, 0.4) is 0 Å². The smallest absolute Gasteiger partial charge is 0.321 e. The standard InChI is InChI=1S/C10H12N2O/c1-7-3-4-8-6-11-10(13)12(2)9(8)5-7/h3-5H,6H2,1-2H3,(H,11,13). The second-order valence-corrected chi connectivity index (χ2v) is 3.35. The summed E-state index contributed by atoms with van der Waals surface area (Å²) in [7, 11) is 1.78. The molecule has 2 rings (SSSR count). The molecule has 0 saturated heterocycles. The molecule has 1 N–H and O–H groups in total. The lowest BCUT2D eigenvalue weighted by Gasteiger charge is -2.26. The fourth-order valence-corrected chi connectivity index (χ4v) is 1.53. The third kappa shape index (κ3) is 1.26. The first-order valence-corrected chi connectivity index (χ1v) is 4.29. The van der Waals surface area contributed by atoms with Crippen LogP contribution in [0.5, 0.6) is 0 Å². The molecule has 0 radical (unpaired) electrons. The summed E-state index contributed by atoms with van der Waals surface area (Å²) in [5.41, 5.74) is 3.37. The number of anilines is 1. The highest BCUT2D eigenvalue weighted by Gasteiger charge is 2.19. The van der Waals surface area contributed by atoms with Crippen molar-refractivity contribution in [2.75, 3.05) is 11.9 Å². The fraction of sp³-hybridized carbons (Fsp3) is 0.300. The molecule has 3 nitrogen and oxygen atoms in total. The number of benzene rings is 1. The van der Waals surface area contributed by atoms with Gasteiger partial charge in [0.1, 0.15) is 0 Å². The van der Waals surface area contributed by atoms with E-state index in [1.807, 2.05) is 13.0 Å². The monoisotopic (exact) mass is 176 g/mol. The van der Waals surface area contributed by atoms with Crippen LogP contribution >= 0.6 is 0 Å². The van der Waals surface area contributed by atoms with Crippen LogP contribution in [0.4, 0.5) is 10.5 Å². The van der Waals surface area contributed by atoms with Gasteiger partial charge in [0.15, 0.2) is 0 Å². The van der Waals surface area contributed by atoms with Crippen LogP contribution < -0.4 is 10.2 Å². The number of fused-ring (bicyclic) bond motifs is 1. The van der Waals surface area contributed by atoms with E-state index in [9.17, 15) is 4.79 Å². The number of amides is 2. The van der Waals surface area contributed by atoms with Crippen molar-refractivity contribution < 1.29 is 4.79 Å². The molecule has 68 valence electrons.